The fourth-order valence-electron chi connectivity index (χ4n) is 2.01. The molecule has 2 heteroatoms. The van der Waals surface area contributed by atoms with Gasteiger partial charge < -0.3 is 10.2 Å². The van der Waals surface area contributed by atoms with E-state index in [0.29, 0.717) is 0 Å². The Balaban J connectivity index is 2.51. The quantitative estimate of drug-likeness (QED) is 0.868. The molecule has 94 valence electrons. The maximum Gasteiger partial charge on any atom is 0.0840 e. The molecule has 0 aromatic heterocycles. The SMILES string of the molecule is CC(C)(O)c1cccc(-c2ccccc2CO)c1. The lowest BCUT2D eigenvalue weighted by molar-refractivity contribution is 0.0786. The highest BCUT2D eigenvalue weighted by Gasteiger charge is 2.16. The van der Waals surface area contributed by atoms with Gasteiger partial charge in [-0.15, -0.1) is 0 Å². The predicted octanol–water partition coefficient (Wildman–Crippen LogP) is 3.07. The molecule has 0 bridgehead atoms. The Hall–Kier alpha value is -1.64. The van der Waals surface area contributed by atoms with E-state index in [1.807, 2.05) is 48.5 Å². The van der Waals surface area contributed by atoms with Crippen molar-refractivity contribution in [3.05, 3.63) is 59.7 Å². The summed E-state index contributed by atoms with van der Waals surface area (Å²) in [7, 11) is 0. The molecule has 2 rings (SSSR count). The van der Waals surface area contributed by atoms with Gasteiger partial charge in [-0.05, 0) is 42.2 Å². The fraction of sp³-hybridized carbons (Fsp3) is 0.250. The molecule has 2 N–H and O–H groups in total. The van der Waals surface area contributed by atoms with Crippen LogP contribution in [0.2, 0.25) is 0 Å². The molecule has 0 unspecified atom stereocenters. The van der Waals surface area contributed by atoms with Crippen LogP contribution >= 0.6 is 0 Å². The van der Waals surface area contributed by atoms with E-state index in [9.17, 15) is 10.2 Å². The number of hydrogen-bond acceptors (Lipinski definition) is 2. The molecule has 0 aliphatic heterocycles. The third-order valence-corrected chi connectivity index (χ3v) is 3.07. The van der Waals surface area contributed by atoms with Crippen LogP contribution in [0.25, 0.3) is 11.1 Å². The number of benzene rings is 2. The highest BCUT2D eigenvalue weighted by atomic mass is 16.3. The lowest BCUT2D eigenvalue weighted by Crippen LogP contribution is -2.15. The van der Waals surface area contributed by atoms with Crippen LogP contribution in [0.4, 0.5) is 0 Å². The molecule has 0 aliphatic carbocycles. The van der Waals surface area contributed by atoms with Crippen LogP contribution in [-0.2, 0) is 12.2 Å². The van der Waals surface area contributed by atoms with Gasteiger partial charge in [-0.2, -0.15) is 0 Å². The zero-order chi connectivity index (χ0) is 13.2. The van der Waals surface area contributed by atoms with E-state index in [-0.39, 0.29) is 6.61 Å². The maximum atomic E-state index is 10.0. The molecule has 2 aromatic rings. The normalized spacial score (nSPS) is 11.6. The molecule has 0 fully saturated rings. The van der Waals surface area contributed by atoms with Crippen LogP contribution in [0, 0.1) is 0 Å². The van der Waals surface area contributed by atoms with E-state index in [4.69, 9.17) is 0 Å². The van der Waals surface area contributed by atoms with Crippen molar-refractivity contribution in [1.82, 2.24) is 0 Å². The van der Waals surface area contributed by atoms with Gasteiger partial charge in [0.1, 0.15) is 0 Å². The van der Waals surface area contributed by atoms with Gasteiger partial charge in [0, 0.05) is 0 Å². The van der Waals surface area contributed by atoms with Crippen molar-refractivity contribution in [2.45, 2.75) is 26.1 Å². The lowest BCUT2D eigenvalue weighted by atomic mass is 9.93. The molecule has 2 aromatic carbocycles. The van der Waals surface area contributed by atoms with Crippen molar-refractivity contribution in [2.24, 2.45) is 0 Å². The first kappa shape index (κ1) is 12.8. The Bertz CT molecular complexity index is 539. The Kier molecular flexibility index (Phi) is 3.50. The van der Waals surface area contributed by atoms with Crippen LogP contribution in [-0.4, -0.2) is 10.2 Å². The van der Waals surface area contributed by atoms with Gasteiger partial charge in [-0.1, -0.05) is 42.5 Å². The highest BCUT2D eigenvalue weighted by molar-refractivity contribution is 5.68. The van der Waals surface area contributed by atoms with Crippen LogP contribution < -0.4 is 0 Å². The summed E-state index contributed by atoms with van der Waals surface area (Å²) in [5, 5.41) is 19.4. The number of aliphatic hydroxyl groups is 2. The number of aliphatic hydroxyl groups excluding tert-OH is 1. The Morgan fingerprint density at radius 3 is 2.39 bits per heavy atom. The maximum absolute atomic E-state index is 10.0. The second-order valence-corrected chi connectivity index (χ2v) is 4.96. The monoisotopic (exact) mass is 242 g/mol. The standard InChI is InChI=1S/C16H18O2/c1-16(2,18)14-8-5-7-12(10-14)15-9-4-3-6-13(15)11-17/h3-10,17-18H,11H2,1-2H3. The van der Waals surface area contributed by atoms with Crippen LogP contribution in [0.15, 0.2) is 48.5 Å². The second kappa shape index (κ2) is 4.92. The fourth-order valence-corrected chi connectivity index (χ4v) is 2.01. The van der Waals surface area contributed by atoms with Crippen molar-refractivity contribution < 1.29 is 10.2 Å². The van der Waals surface area contributed by atoms with E-state index in [0.717, 1.165) is 22.3 Å². The molecule has 0 heterocycles. The Morgan fingerprint density at radius 2 is 1.72 bits per heavy atom. The summed E-state index contributed by atoms with van der Waals surface area (Å²) in [6.07, 6.45) is 0. The summed E-state index contributed by atoms with van der Waals surface area (Å²) >= 11 is 0. The molecule has 0 aliphatic rings. The van der Waals surface area contributed by atoms with E-state index >= 15 is 0 Å². The zero-order valence-corrected chi connectivity index (χ0v) is 10.7. The summed E-state index contributed by atoms with van der Waals surface area (Å²) in [5.41, 5.74) is 2.92. The summed E-state index contributed by atoms with van der Waals surface area (Å²) in [5.74, 6) is 0. The molecular weight excluding hydrogens is 224 g/mol. The number of hydrogen-bond donors (Lipinski definition) is 2. The Morgan fingerprint density at radius 1 is 1.00 bits per heavy atom. The molecule has 0 saturated heterocycles. The van der Waals surface area contributed by atoms with Crippen molar-refractivity contribution in [2.75, 3.05) is 0 Å². The van der Waals surface area contributed by atoms with E-state index in [2.05, 4.69) is 0 Å². The molecule has 0 radical (unpaired) electrons. The zero-order valence-electron chi connectivity index (χ0n) is 10.7. The molecular formula is C16H18O2. The van der Waals surface area contributed by atoms with Crippen molar-refractivity contribution >= 4 is 0 Å². The summed E-state index contributed by atoms with van der Waals surface area (Å²) < 4.78 is 0. The number of rotatable bonds is 3. The van der Waals surface area contributed by atoms with Gasteiger partial charge in [-0.25, -0.2) is 0 Å². The van der Waals surface area contributed by atoms with Crippen LogP contribution in [0.5, 0.6) is 0 Å². The molecule has 0 atom stereocenters. The van der Waals surface area contributed by atoms with Gasteiger partial charge >= 0.3 is 0 Å². The van der Waals surface area contributed by atoms with Crippen LogP contribution in [0.3, 0.4) is 0 Å². The molecule has 0 saturated carbocycles. The van der Waals surface area contributed by atoms with Gasteiger partial charge in [-0.3, -0.25) is 0 Å². The van der Waals surface area contributed by atoms with Gasteiger partial charge in [0.05, 0.1) is 12.2 Å². The first-order valence-corrected chi connectivity index (χ1v) is 6.04. The Labute approximate surface area is 108 Å². The molecule has 18 heavy (non-hydrogen) atoms. The summed E-state index contributed by atoms with van der Waals surface area (Å²) in [4.78, 5) is 0. The molecule has 2 nitrogen and oxygen atoms in total. The molecule has 0 amide bonds. The largest absolute Gasteiger partial charge is 0.392 e. The second-order valence-electron chi connectivity index (χ2n) is 4.96. The first-order chi connectivity index (χ1) is 8.52. The topological polar surface area (TPSA) is 40.5 Å². The average molecular weight is 242 g/mol. The molecule has 0 spiro atoms. The summed E-state index contributed by atoms with van der Waals surface area (Å²) in [6, 6.07) is 15.5. The average Bonchev–Trinajstić information content (AvgIpc) is 2.38. The minimum atomic E-state index is -0.857. The smallest absolute Gasteiger partial charge is 0.0840 e. The minimum absolute atomic E-state index is 0.0168. The lowest BCUT2D eigenvalue weighted by Gasteiger charge is -2.19. The van der Waals surface area contributed by atoms with Crippen LogP contribution in [0.1, 0.15) is 25.0 Å². The van der Waals surface area contributed by atoms with E-state index < -0.39 is 5.60 Å². The van der Waals surface area contributed by atoms with E-state index in [1.54, 1.807) is 13.8 Å². The van der Waals surface area contributed by atoms with Gasteiger partial charge in [0.2, 0.25) is 0 Å². The van der Waals surface area contributed by atoms with Crippen molar-refractivity contribution in [1.29, 1.82) is 0 Å². The van der Waals surface area contributed by atoms with Crippen molar-refractivity contribution in [3.8, 4) is 11.1 Å². The van der Waals surface area contributed by atoms with Crippen molar-refractivity contribution in [3.63, 3.8) is 0 Å². The van der Waals surface area contributed by atoms with Gasteiger partial charge in [0.15, 0.2) is 0 Å². The summed E-state index contributed by atoms with van der Waals surface area (Å²) in [6.45, 7) is 3.55. The first-order valence-electron chi connectivity index (χ1n) is 6.04. The third kappa shape index (κ3) is 2.61. The predicted molar refractivity (Wildman–Crippen MR) is 73.0 cm³/mol. The minimum Gasteiger partial charge on any atom is -0.392 e. The van der Waals surface area contributed by atoms with E-state index in [1.165, 1.54) is 0 Å². The van der Waals surface area contributed by atoms with Gasteiger partial charge in [0.25, 0.3) is 0 Å². The highest BCUT2D eigenvalue weighted by Crippen LogP contribution is 2.28. The third-order valence-electron chi connectivity index (χ3n) is 3.07.